The Balaban J connectivity index is 1.32. The average Bonchev–Trinajstić information content (AvgIpc) is 2.81. The second kappa shape index (κ2) is 12.0. The number of carbonyl (C=O) groups is 2. The second-order valence-corrected chi connectivity index (χ2v) is 9.84. The van der Waals surface area contributed by atoms with Gasteiger partial charge < -0.3 is 15.0 Å². The van der Waals surface area contributed by atoms with Gasteiger partial charge in [0.25, 0.3) is 0 Å². The maximum Gasteiger partial charge on any atom is 0.239 e. The number of rotatable bonds is 12. The van der Waals surface area contributed by atoms with E-state index in [2.05, 4.69) is 17.4 Å². The molecule has 0 radical (unpaired) electrons. The van der Waals surface area contributed by atoms with Crippen LogP contribution in [0, 0.1) is 0 Å². The lowest BCUT2D eigenvalue weighted by molar-refractivity contribution is -0.145. The standard InChI is InChI=1S/C24H29ClN2O4S/c1-31-20-11-13-21(14-12-20)32(30)24-16-23(29)27(24)17-22(28)26-15-5-3-2-4-6-18-7-9-19(25)10-8-18/h7-14,24H,2-6,15-17H2,1H3,(H,26,28)/t24-,32+/m0/s1. The van der Waals surface area contributed by atoms with Gasteiger partial charge in [0.2, 0.25) is 11.8 Å². The first-order chi connectivity index (χ1) is 15.5. The number of hydrogen-bond donors (Lipinski definition) is 1. The predicted octanol–water partition coefficient (Wildman–Crippen LogP) is 3.93. The van der Waals surface area contributed by atoms with Gasteiger partial charge in [-0.2, -0.15) is 0 Å². The third-order valence-electron chi connectivity index (χ3n) is 5.50. The molecule has 1 heterocycles. The van der Waals surface area contributed by atoms with Crippen LogP contribution in [0.5, 0.6) is 5.75 Å². The van der Waals surface area contributed by atoms with E-state index in [1.165, 1.54) is 10.5 Å². The Morgan fingerprint density at radius 2 is 1.78 bits per heavy atom. The highest BCUT2D eigenvalue weighted by Gasteiger charge is 2.41. The third kappa shape index (κ3) is 6.81. The molecule has 6 nitrogen and oxygen atoms in total. The van der Waals surface area contributed by atoms with Gasteiger partial charge in [0.1, 0.15) is 17.7 Å². The molecule has 2 aromatic carbocycles. The number of hydrogen-bond acceptors (Lipinski definition) is 4. The van der Waals surface area contributed by atoms with E-state index in [9.17, 15) is 13.8 Å². The Hall–Kier alpha value is -2.38. The van der Waals surface area contributed by atoms with Gasteiger partial charge >= 0.3 is 0 Å². The Bertz CT molecular complexity index is 934. The molecule has 0 aromatic heterocycles. The Morgan fingerprint density at radius 3 is 2.44 bits per heavy atom. The lowest BCUT2D eigenvalue weighted by Gasteiger charge is -2.38. The fourth-order valence-corrected chi connectivity index (χ4v) is 5.13. The molecule has 2 aromatic rings. The monoisotopic (exact) mass is 476 g/mol. The molecule has 2 atom stereocenters. The lowest BCUT2D eigenvalue weighted by atomic mass is 10.1. The van der Waals surface area contributed by atoms with Gasteiger partial charge in [0.05, 0.1) is 24.3 Å². The van der Waals surface area contributed by atoms with E-state index in [1.807, 2.05) is 12.1 Å². The second-order valence-electron chi connectivity index (χ2n) is 7.79. The molecular weight excluding hydrogens is 448 g/mol. The number of carbonyl (C=O) groups excluding carboxylic acids is 2. The number of methoxy groups -OCH3 is 1. The molecule has 0 aliphatic carbocycles. The first-order valence-electron chi connectivity index (χ1n) is 10.8. The number of unbranched alkanes of at least 4 members (excludes halogenated alkanes) is 3. The largest absolute Gasteiger partial charge is 0.497 e. The molecule has 3 rings (SSSR count). The SMILES string of the molecule is COc1ccc([S@@](=O)[C@H]2CC(=O)N2CC(=O)NCCCCCCc2ccc(Cl)cc2)cc1. The van der Waals surface area contributed by atoms with Gasteiger partial charge in [-0.15, -0.1) is 0 Å². The highest BCUT2D eigenvalue weighted by atomic mass is 35.5. The molecule has 0 spiro atoms. The van der Waals surface area contributed by atoms with Crippen molar-refractivity contribution in [2.24, 2.45) is 0 Å². The van der Waals surface area contributed by atoms with Crippen LogP contribution >= 0.6 is 11.6 Å². The number of likely N-dealkylation sites (tertiary alicyclic amines) is 1. The topological polar surface area (TPSA) is 75.7 Å². The molecule has 8 heteroatoms. The van der Waals surface area contributed by atoms with Gasteiger partial charge in [0, 0.05) is 16.5 Å². The van der Waals surface area contributed by atoms with E-state index in [1.54, 1.807) is 31.4 Å². The summed E-state index contributed by atoms with van der Waals surface area (Å²) in [5.41, 5.74) is 1.28. The van der Waals surface area contributed by atoms with Crippen LogP contribution < -0.4 is 10.1 Å². The first-order valence-corrected chi connectivity index (χ1v) is 12.4. The zero-order valence-corrected chi connectivity index (χ0v) is 19.8. The Labute approximate surface area is 196 Å². The summed E-state index contributed by atoms with van der Waals surface area (Å²) in [7, 11) is 0.183. The quantitative estimate of drug-likeness (QED) is 0.372. The van der Waals surface area contributed by atoms with Crippen molar-refractivity contribution in [1.82, 2.24) is 10.2 Å². The molecule has 1 aliphatic rings. The lowest BCUT2D eigenvalue weighted by Crippen LogP contribution is -2.57. The van der Waals surface area contributed by atoms with Crippen LogP contribution in [0.3, 0.4) is 0 Å². The summed E-state index contributed by atoms with van der Waals surface area (Å²) < 4.78 is 17.9. The van der Waals surface area contributed by atoms with Crippen LogP contribution in [-0.4, -0.2) is 46.5 Å². The summed E-state index contributed by atoms with van der Waals surface area (Å²) in [6.07, 6.45) is 5.32. The molecule has 32 heavy (non-hydrogen) atoms. The van der Waals surface area contributed by atoms with Crippen LogP contribution in [0.4, 0.5) is 0 Å². The number of β-lactam (4-membered cyclic amide) rings is 1. The predicted molar refractivity (Wildman–Crippen MR) is 126 cm³/mol. The van der Waals surface area contributed by atoms with Crippen LogP contribution in [0.15, 0.2) is 53.4 Å². The molecule has 0 bridgehead atoms. The number of halogens is 1. The minimum Gasteiger partial charge on any atom is -0.497 e. The minimum atomic E-state index is -1.39. The van der Waals surface area contributed by atoms with Gasteiger partial charge in [-0.25, -0.2) is 0 Å². The van der Waals surface area contributed by atoms with Crippen molar-refractivity contribution in [3.05, 3.63) is 59.1 Å². The molecule has 172 valence electrons. The van der Waals surface area contributed by atoms with Crippen molar-refractivity contribution in [2.45, 2.75) is 48.8 Å². The Morgan fingerprint density at radius 1 is 1.09 bits per heavy atom. The van der Waals surface area contributed by atoms with Crippen LogP contribution in [0.2, 0.25) is 5.02 Å². The van der Waals surface area contributed by atoms with Crippen molar-refractivity contribution in [1.29, 1.82) is 0 Å². The number of nitrogens with zero attached hydrogens (tertiary/aromatic N) is 1. The summed E-state index contributed by atoms with van der Waals surface area (Å²) in [4.78, 5) is 26.3. The number of aryl methyl sites for hydroxylation is 1. The van der Waals surface area contributed by atoms with Crippen LogP contribution in [-0.2, 0) is 26.8 Å². The third-order valence-corrected chi connectivity index (χ3v) is 7.40. The van der Waals surface area contributed by atoms with Crippen molar-refractivity contribution >= 4 is 34.2 Å². The van der Waals surface area contributed by atoms with E-state index < -0.39 is 16.2 Å². The van der Waals surface area contributed by atoms with E-state index >= 15 is 0 Å². The Kier molecular flexibility index (Phi) is 9.11. The smallest absolute Gasteiger partial charge is 0.239 e. The number of ether oxygens (including phenoxy) is 1. The fourth-order valence-electron chi connectivity index (χ4n) is 3.57. The first kappa shape index (κ1) is 24.3. The van der Waals surface area contributed by atoms with Gasteiger partial charge in [-0.05, 0) is 61.2 Å². The summed E-state index contributed by atoms with van der Waals surface area (Å²) in [5.74, 6) is 0.321. The molecular formula is C24H29ClN2O4S. The number of nitrogens with one attached hydrogen (secondary N) is 1. The summed E-state index contributed by atoms with van der Waals surface area (Å²) in [5, 5.41) is 3.16. The van der Waals surface area contributed by atoms with Crippen LogP contribution in [0.1, 0.15) is 37.7 Å². The van der Waals surface area contributed by atoms with Crippen molar-refractivity contribution in [3.63, 3.8) is 0 Å². The van der Waals surface area contributed by atoms with Crippen molar-refractivity contribution in [2.75, 3.05) is 20.2 Å². The van der Waals surface area contributed by atoms with Gasteiger partial charge in [-0.3, -0.25) is 13.8 Å². The highest BCUT2D eigenvalue weighted by Crippen LogP contribution is 2.27. The number of benzene rings is 2. The van der Waals surface area contributed by atoms with Gasteiger partial charge in [0.15, 0.2) is 0 Å². The molecule has 1 N–H and O–H groups in total. The van der Waals surface area contributed by atoms with E-state index in [0.29, 0.717) is 17.2 Å². The minimum absolute atomic E-state index is 0.0536. The normalized spacial score (nSPS) is 16.4. The molecule has 0 saturated carbocycles. The maximum atomic E-state index is 12.8. The molecule has 2 amide bonds. The summed E-state index contributed by atoms with van der Waals surface area (Å²) in [6.45, 7) is 0.524. The molecule has 0 unspecified atom stereocenters. The maximum absolute atomic E-state index is 12.8. The highest BCUT2D eigenvalue weighted by molar-refractivity contribution is 7.85. The fraction of sp³-hybridized carbons (Fsp3) is 0.417. The molecule has 1 saturated heterocycles. The van der Waals surface area contributed by atoms with Crippen molar-refractivity contribution < 1.29 is 18.5 Å². The average molecular weight is 477 g/mol. The summed E-state index contributed by atoms with van der Waals surface area (Å²) in [6, 6.07) is 14.8. The van der Waals surface area contributed by atoms with E-state index in [-0.39, 0.29) is 24.8 Å². The molecule has 1 fully saturated rings. The number of amides is 2. The zero-order chi connectivity index (χ0) is 22.9. The van der Waals surface area contributed by atoms with E-state index in [4.69, 9.17) is 16.3 Å². The van der Waals surface area contributed by atoms with Crippen molar-refractivity contribution in [3.8, 4) is 5.75 Å². The zero-order valence-electron chi connectivity index (χ0n) is 18.2. The van der Waals surface area contributed by atoms with Crippen LogP contribution in [0.25, 0.3) is 0 Å². The summed E-state index contributed by atoms with van der Waals surface area (Å²) >= 11 is 5.89. The van der Waals surface area contributed by atoms with Gasteiger partial charge in [-0.1, -0.05) is 36.6 Å². The molecule has 1 aliphatic heterocycles. The van der Waals surface area contributed by atoms with E-state index in [0.717, 1.165) is 37.1 Å².